The van der Waals surface area contributed by atoms with E-state index in [1.807, 2.05) is 66.9 Å². The minimum Gasteiger partial charge on any atom is -0.480 e. The molecule has 1 aromatic heterocycles. The second kappa shape index (κ2) is 8.23. The molecule has 3 N–H and O–H groups in total. The average molecular weight is 426 g/mol. The standard InChI is InChI=1S/C26H22N2O4/c29-25(30)24(14-16-9-10-23-17(13-16)11-12-27-23)28-26(31)32-15-22-20-7-3-1-5-18(20)19-6-2-4-8-21(19)22/h1-13,22,24,27H,14-15H2,(H,28,31)(H,29,30)/t24-/m0/s1. The van der Waals surface area contributed by atoms with Crippen molar-refractivity contribution in [2.75, 3.05) is 6.61 Å². The zero-order valence-electron chi connectivity index (χ0n) is 17.2. The molecule has 32 heavy (non-hydrogen) atoms. The average Bonchev–Trinajstić information content (AvgIpc) is 3.39. The summed E-state index contributed by atoms with van der Waals surface area (Å²) in [5, 5.41) is 13.1. The predicted molar refractivity (Wildman–Crippen MR) is 122 cm³/mol. The maximum absolute atomic E-state index is 12.5. The van der Waals surface area contributed by atoms with Crippen LogP contribution in [0.1, 0.15) is 22.6 Å². The molecule has 0 bridgehead atoms. The summed E-state index contributed by atoms with van der Waals surface area (Å²) in [7, 11) is 0. The largest absolute Gasteiger partial charge is 0.480 e. The lowest BCUT2D eigenvalue weighted by molar-refractivity contribution is -0.139. The number of H-pyrrole nitrogens is 1. The number of carboxylic acid groups (broad SMARTS) is 1. The smallest absolute Gasteiger partial charge is 0.407 e. The molecule has 0 saturated carbocycles. The van der Waals surface area contributed by atoms with E-state index < -0.39 is 18.1 Å². The van der Waals surface area contributed by atoms with Gasteiger partial charge >= 0.3 is 12.1 Å². The minimum atomic E-state index is -1.10. The Morgan fingerprint density at radius 2 is 1.66 bits per heavy atom. The molecule has 1 amide bonds. The van der Waals surface area contributed by atoms with Crippen molar-refractivity contribution in [3.63, 3.8) is 0 Å². The number of aromatic nitrogens is 1. The molecule has 6 nitrogen and oxygen atoms in total. The number of carboxylic acids is 1. The molecule has 0 saturated heterocycles. The number of amides is 1. The number of hydrogen-bond donors (Lipinski definition) is 3. The van der Waals surface area contributed by atoms with Gasteiger partial charge in [-0.1, -0.05) is 54.6 Å². The molecule has 5 rings (SSSR count). The normalized spacial score (nSPS) is 13.4. The fraction of sp³-hybridized carbons (Fsp3) is 0.154. The van der Waals surface area contributed by atoms with E-state index in [-0.39, 0.29) is 18.9 Å². The van der Waals surface area contributed by atoms with Crippen molar-refractivity contribution in [3.05, 3.63) is 95.7 Å². The number of hydrogen-bond acceptors (Lipinski definition) is 3. The van der Waals surface area contributed by atoms with Gasteiger partial charge in [-0.2, -0.15) is 0 Å². The van der Waals surface area contributed by atoms with Crippen LogP contribution < -0.4 is 5.32 Å². The second-order valence-corrected chi connectivity index (χ2v) is 7.96. The van der Waals surface area contributed by atoms with E-state index in [1.165, 1.54) is 0 Å². The fourth-order valence-corrected chi connectivity index (χ4v) is 4.45. The monoisotopic (exact) mass is 426 g/mol. The number of fused-ring (bicyclic) bond motifs is 4. The number of rotatable bonds is 6. The van der Waals surface area contributed by atoms with Gasteiger partial charge in [-0.15, -0.1) is 0 Å². The molecular weight excluding hydrogens is 404 g/mol. The van der Waals surface area contributed by atoms with Crippen LogP contribution in [0, 0.1) is 0 Å². The van der Waals surface area contributed by atoms with Crippen molar-refractivity contribution >= 4 is 23.0 Å². The molecule has 1 aliphatic rings. The van der Waals surface area contributed by atoms with E-state index in [0.717, 1.165) is 38.7 Å². The van der Waals surface area contributed by atoms with Gasteiger partial charge in [0.05, 0.1) is 0 Å². The highest BCUT2D eigenvalue weighted by atomic mass is 16.5. The molecule has 0 fully saturated rings. The van der Waals surface area contributed by atoms with Gasteiger partial charge in [0.1, 0.15) is 12.6 Å². The summed E-state index contributed by atoms with van der Waals surface area (Å²) < 4.78 is 5.50. The molecule has 0 radical (unpaired) electrons. The molecular formula is C26H22N2O4. The van der Waals surface area contributed by atoms with E-state index in [9.17, 15) is 14.7 Å². The van der Waals surface area contributed by atoms with E-state index in [2.05, 4.69) is 22.4 Å². The molecule has 0 spiro atoms. The number of benzene rings is 3. The summed E-state index contributed by atoms with van der Waals surface area (Å²) >= 11 is 0. The zero-order chi connectivity index (χ0) is 22.1. The van der Waals surface area contributed by atoms with Gasteiger partial charge in [0, 0.05) is 24.1 Å². The first-order chi connectivity index (χ1) is 15.6. The first kappa shape index (κ1) is 19.9. The van der Waals surface area contributed by atoms with Crippen molar-refractivity contribution in [3.8, 4) is 11.1 Å². The van der Waals surface area contributed by atoms with E-state index in [1.54, 1.807) is 0 Å². The third-order valence-corrected chi connectivity index (χ3v) is 5.99. The minimum absolute atomic E-state index is 0.0765. The van der Waals surface area contributed by atoms with Crippen LogP contribution in [0.2, 0.25) is 0 Å². The van der Waals surface area contributed by atoms with Gasteiger partial charge in [0.25, 0.3) is 0 Å². The molecule has 3 aromatic carbocycles. The first-order valence-corrected chi connectivity index (χ1v) is 10.5. The molecule has 1 heterocycles. The van der Waals surface area contributed by atoms with Gasteiger partial charge in [0.2, 0.25) is 0 Å². The summed E-state index contributed by atoms with van der Waals surface area (Å²) in [5.74, 6) is -1.18. The highest BCUT2D eigenvalue weighted by Gasteiger charge is 2.29. The molecule has 4 aromatic rings. The van der Waals surface area contributed by atoms with Crippen LogP contribution in [0.3, 0.4) is 0 Å². The van der Waals surface area contributed by atoms with Crippen LogP contribution in [0.15, 0.2) is 79.0 Å². The Balaban J connectivity index is 1.27. The lowest BCUT2D eigenvalue weighted by Gasteiger charge is -2.17. The number of ether oxygens (including phenoxy) is 1. The molecule has 0 unspecified atom stereocenters. The van der Waals surface area contributed by atoms with Crippen molar-refractivity contribution in [2.45, 2.75) is 18.4 Å². The number of aromatic amines is 1. The quantitative estimate of drug-likeness (QED) is 0.417. The van der Waals surface area contributed by atoms with Crippen molar-refractivity contribution in [1.82, 2.24) is 10.3 Å². The highest BCUT2D eigenvalue weighted by molar-refractivity contribution is 5.83. The van der Waals surface area contributed by atoms with Crippen molar-refractivity contribution in [2.24, 2.45) is 0 Å². The van der Waals surface area contributed by atoms with Crippen LogP contribution in [0.5, 0.6) is 0 Å². The zero-order valence-corrected chi connectivity index (χ0v) is 17.2. The third-order valence-electron chi connectivity index (χ3n) is 5.99. The fourth-order valence-electron chi connectivity index (χ4n) is 4.45. The summed E-state index contributed by atoms with van der Waals surface area (Å²) in [6.07, 6.45) is 1.26. The van der Waals surface area contributed by atoms with Crippen LogP contribution >= 0.6 is 0 Å². The maximum atomic E-state index is 12.5. The summed E-state index contributed by atoms with van der Waals surface area (Å²) in [4.78, 5) is 27.4. The van der Waals surface area contributed by atoms with Crippen LogP contribution in [-0.4, -0.2) is 34.8 Å². The Hall–Kier alpha value is -4.06. The second-order valence-electron chi connectivity index (χ2n) is 7.96. The van der Waals surface area contributed by atoms with E-state index >= 15 is 0 Å². The maximum Gasteiger partial charge on any atom is 0.407 e. The van der Waals surface area contributed by atoms with Gasteiger partial charge < -0.3 is 20.1 Å². The molecule has 0 aliphatic heterocycles. The Bertz CT molecular complexity index is 1260. The highest BCUT2D eigenvalue weighted by Crippen LogP contribution is 2.44. The number of nitrogens with one attached hydrogen (secondary N) is 2. The number of alkyl carbamates (subject to hydrolysis) is 1. The first-order valence-electron chi connectivity index (χ1n) is 10.5. The van der Waals surface area contributed by atoms with Crippen LogP contribution in [0.25, 0.3) is 22.0 Å². The Morgan fingerprint density at radius 1 is 0.969 bits per heavy atom. The Kier molecular flexibility index (Phi) is 5.11. The van der Waals surface area contributed by atoms with Gasteiger partial charge in [-0.25, -0.2) is 9.59 Å². The summed E-state index contributed by atoms with van der Waals surface area (Å²) in [6, 6.07) is 22.7. The molecule has 1 aliphatic carbocycles. The van der Waals surface area contributed by atoms with E-state index in [0.29, 0.717) is 0 Å². The topological polar surface area (TPSA) is 91.4 Å². The van der Waals surface area contributed by atoms with Gasteiger partial charge in [-0.3, -0.25) is 0 Å². The number of carbonyl (C=O) groups is 2. The van der Waals surface area contributed by atoms with Crippen LogP contribution in [-0.2, 0) is 16.0 Å². The molecule has 6 heteroatoms. The summed E-state index contributed by atoms with van der Waals surface area (Å²) in [5.41, 5.74) is 6.29. The SMILES string of the molecule is O=C(N[C@@H](Cc1ccc2[nH]ccc2c1)C(=O)O)OCC1c2ccccc2-c2ccccc21. The lowest BCUT2D eigenvalue weighted by Crippen LogP contribution is -2.42. The van der Waals surface area contributed by atoms with Crippen LogP contribution in [0.4, 0.5) is 4.79 Å². The Labute approximate surface area is 184 Å². The van der Waals surface area contributed by atoms with Crippen molar-refractivity contribution in [1.29, 1.82) is 0 Å². The Morgan fingerprint density at radius 3 is 2.34 bits per heavy atom. The van der Waals surface area contributed by atoms with Gasteiger partial charge in [0.15, 0.2) is 0 Å². The van der Waals surface area contributed by atoms with Crippen molar-refractivity contribution < 1.29 is 19.4 Å². The van der Waals surface area contributed by atoms with Gasteiger partial charge in [-0.05, 0) is 51.4 Å². The number of carbonyl (C=O) groups excluding carboxylic acids is 1. The predicted octanol–water partition coefficient (Wildman–Crippen LogP) is 4.70. The van der Waals surface area contributed by atoms with E-state index in [4.69, 9.17) is 4.74 Å². The molecule has 1 atom stereocenters. The molecule has 160 valence electrons. The number of aliphatic carboxylic acids is 1. The lowest BCUT2D eigenvalue weighted by atomic mass is 9.98. The third kappa shape index (κ3) is 3.71. The summed E-state index contributed by atoms with van der Waals surface area (Å²) in [6.45, 7) is 0.140.